The van der Waals surface area contributed by atoms with Crippen LogP contribution in [-0.2, 0) is 16.1 Å². The van der Waals surface area contributed by atoms with Crippen LogP contribution < -0.4 is 16.6 Å². The van der Waals surface area contributed by atoms with E-state index in [1.165, 1.54) is 34.9 Å². The lowest BCUT2D eigenvalue weighted by molar-refractivity contribution is -0.116. The van der Waals surface area contributed by atoms with Crippen molar-refractivity contribution in [2.24, 2.45) is 0 Å². The number of esters is 1. The first-order valence-corrected chi connectivity index (χ1v) is 11.2. The third-order valence-electron chi connectivity index (χ3n) is 5.14. The highest BCUT2D eigenvalue weighted by atomic mass is 32.1. The Hall–Kier alpha value is -4.05. The summed E-state index contributed by atoms with van der Waals surface area (Å²) in [5, 5.41) is 4.34. The largest absolute Gasteiger partial charge is 0.462 e. The van der Waals surface area contributed by atoms with Gasteiger partial charge in [0.2, 0.25) is 5.91 Å². The molecule has 0 atom stereocenters. The van der Waals surface area contributed by atoms with Crippen molar-refractivity contribution >= 4 is 39.1 Å². The molecule has 0 bridgehead atoms. The number of hydrogen-bond donors (Lipinski definition) is 1. The van der Waals surface area contributed by atoms with Crippen molar-refractivity contribution < 1.29 is 18.7 Å². The SMILES string of the molecule is CCOC(=O)c1ccc(NC(=O)Cn2c(=O)n(-c3ccc(F)cc3C)c(=O)c3sccc32)cc1. The van der Waals surface area contributed by atoms with Crippen molar-refractivity contribution in [2.45, 2.75) is 20.4 Å². The number of nitrogens with one attached hydrogen (secondary N) is 1. The van der Waals surface area contributed by atoms with Gasteiger partial charge in [0, 0.05) is 5.69 Å². The lowest BCUT2D eigenvalue weighted by Gasteiger charge is -2.14. The Labute approximate surface area is 196 Å². The van der Waals surface area contributed by atoms with Gasteiger partial charge >= 0.3 is 11.7 Å². The van der Waals surface area contributed by atoms with E-state index in [4.69, 9.17) is 4.74 Å². The smallest absolute Gasteiger partial charge is 0.338 e. The first-order chi connectivity index (χ1) is 16.3. The molecule has 4 aromatic rings. The molecule has 1 N–H and O–H groups in total. The summed E-state index contributed by atoms with van der Waals surface area (Å²) in [7, 11) is 0. The Morgan fingerprint density at radius 2 is 1.82 bits per heavy atom. The van der Waals surface area contributed by atoms with Crippen LogP contribution in [0.3, 0.4) is 0 Å². The Balaban J connectivity index is 1.68. The van der Waals surface area contributed by atoms with Crippen LogP contribution in [0.5, 0.6) is 0 Å². The van der Waals surface area contributed by atoms with Crippen molar-refractivity contribution in [3.63, 3.8) is 0 Å². The molecule has 0 aliphatic carbocycles. The van der Waals surface area contributed by atoms with Crippen LogP contribution >= 0.6 is 11.3 Å². The van der Waals surface area contributed by atoms with Crippen molar-refractivity contribution in [1.82, 2.24) is 9.13 Å². The third kappa shape index (κ3) is 4.40. The van der Waals surface area contributed by atoms with Crippen molar-refractivity contribution in [1.29, 1.82) is 0 Å². The van der Waals surface area contributed by atoms with E-state index in [0.29, 0.717) is 27.0 Å². The number of halogens is 1. The topological polar surface area (TPSA) is 99.4 Å². The molecule has 0 spiro atoms. The molecule has 174 valence electrons. The average molecular weight is 482 g/mol. The Morgan fingerprint density at radius 1 is 1.09 bits per heavy atom. The summed E-state index contributed by atoms with van der Waals surface area (Å²) in [6, 6.07) is 11.5. The van der Waals surface area contributed by atoms with Gasteiger partial charge in [-0.3, -0.25) is 14.2 Å². The predicted molar refractivity (Wildman–Crippen MR) is 127 cm³/mol. The zero-order valence-corrected chi connectivity index (χ0v) is 19.1. The van der Waals surface area contributed by atoms with Crippen LogP contribution in [0.4, 0.5) is 10.1 Å². The Bertz CT molecular complexity index is 1520. The number of carbonyl (C=O) groups is 2. The molecular formula is C24H20FN3O5S. The van der Waals surface area contributed by atoms with Gasteiger partial charge in [0.15, 0.2) is 0 Å². The van der Waals surface area contributed by atoms with Gasteiger partial charge in [-0.2, -0.15) is 0 Å². The molecule has 1 amide bonds. The maximum absolute atomic E-state index is 13.6. The summed E-state index contributed by atoms with van der Waals surface area (Å²) in [5.74, 6) is -1.45. The number of ether oxygens (including phenoxy) is 1. The minimum Gasteiger partial charge on any atom is -0.462 e. The Kier molecular flexibility index (Phi) is 6.42. The number of hydrogen-bond acceptors (Lipinski definition) is 6. The van der Waals surface area contributed by atoms with Crippen LogP contribution in [0.25, 0.3) is 15.9 Å². The molecule has 0 saturated heterocycles. The average Bonchev–Trinajstić information content (AvgIpc) is 3.29. The van der Waals surface area contributed by atoms with Gasteiger partial charge in [-0.25, -0.2) is 18.5 Å². The van der Waals surface area contributed by atoms with Gasteiger partial charge in [0.05, 0.1) is 23.4 Å². The zero-order chi connectivity index (χ0) is 24.4. The van der Waals surface area contributed by atoms with Crippen LogP contribution in [-0.4, -0.2) is 27.6 Å². The standard InChI is InChI=1S/C24H20FN3O5S/c1-3-33-23(31)15-4-7-17(8-5-15)26-20(29)13-27-19-10-11-34-21(19)22(30)28(24(27)32)18-9-6-16(25)12-14(18)2/h4-12H,3,13H2,1-2H3,(H,26,29). The number of rotatable bonds is 6. The fourth-order valence-electron chi connectivity index (χ4n) is 3.57. The number of amides is 1. The molecule has 8 nitrogen and oxygen atoms in total. The summed E-state index contributed by atoms with van der Waals surface area (Å²) < 4.78 is 21.0. The van der Waals surface area contributed by atoms with Crippen LogP contribution in [0.1, 0.15) is 22.8 Å². The van der Waals surface area contributed by atoms with E-state index in [0.717, 1.165) is 15.9 Å². The van der Waals surface area contributed by atoms with Gasteiger partial charge < -0.3 is 10.1 Å². The molecule has 4 rings (SSSR count). The summed E-state index contributed by atoms with van der Waals surface area (Å²) in [6.07, 6.45) is 0. The number of benzene rings is 2. The van der Waals surface area contributed by atoms with Gasteiger partial charge in [0.1, 0.15) is 17.1 Å². The molecule has 2 aromatic carbocycles. The summed E-state index contributed by atoms with van der Waals surface area (Å²) in [5.41, 5.74) is 0.523. The van der Waals surface area contributed by atoms with Crippen molar-refractivity contribution in [3.05, 3.63) is 91.7 Å². The number of nitrogens with zero attached hydrogens (tertiary/aromatic N) is 2. The molecule has 0 saturated carbocycles. The normalized spacial score (nSPS) is 10.9. The van der Waals surface area contributed by atoms with Crippen LogP contribution in [0, 0.1) is 12.7 Å². The molecule has 2 aromatic heterocycles. The second kappa shape index (κ2) is 9.44. The quantitative estimate of drug-likeness (QED) is 0.425. The molecule has 0 radical (unpaired) electrons. The maximum atomic E-state index is 13.6. The summed E-state index contributed by atoms with van der Waals surface area (Å²) in [4.78, 5) is 50.9. The van der Waals surface area contributed by atoms with Crippen LogP contribution in [0.15, 0.2) is 63.5 Å². The molecule has 0 unspecified atom stereocenters. The highest BCUT2D eigenvalue weighted by Gasteiger charge is 2.19. The first-order valence-electron chi connectivity index (χ1n) is 10.4. The minimum absolute atomic E-state index is 0.246. The molecular weight excluding hydrogens is 461 g/mol. The van der Waals surface area contributed by atoms with Gasteiger partial charge in [-0.15, -0.1) is 11.3 Å². The van der Waals surface area contributed by atoms with E-state index >= 15 is 0 Å². The lowest BCUT2D eigenvalue weighted by Crippen LogP contribution is -2.40. The predicted octanol–water partition coefficient (Wildman–Crippen LogP) is 3.48. The number of aryl methyl sites for hydroxylation is 1. The van der Waals surface area contributed by atoms with Crippen molar-refractivity contribution in [3.8, 4) is 5.69 Å². The first kappa shape index (κ1) is 23.1. The van der Waals surface area contributed by atoms with Gasteiger partial charge in [0.25, 0.3) is 5.56 Å². The second-order valence-electron chi connectivity index (χ2n) is 7.42. The number of thiophene rings is 1. The molecule has 34 heavy (non-hydrogen) atoms. The summed E-state index contributed by atoms with van der Waals surface area (Å²) >= 11 is 1.15. The van der Waals surface area contributed by atoms with Gasteiger partial charge in [-0.05, 0) is 73.3 Å². The van der Waals surface area contributed by atoms with Crippen molar-refractivity contribution in [2.75, 3.05) is 11.9 Å². The molecule has 2 heterocycles. The summed E-state index contributed by atoms with van der Waals surface area (Å²) in [6.45, 7) is 3.20. The molecule has 0 aliphatic rings. The van der Waals surface area contributed by atoms with E-state index in [9.17, 15) is 23.6 Å². The van der Waals surface area contributed by atoms with Crippen LogP contribution in [0.2, 0.25) is 0 Å². The highest BCUT2D eigenvalue weighted by Crippen LogP contribution is 2.19. The third-order valence-corrected chi connectivity index (χ3v) is 6.03. The fourth-order valence-corrected chi connectivity index (χ4v) is 4.39. The molecule has 10 heteroatoms. The fraction of sp³-hybridized carbons (Fsp3) is 0.167. The molecule has 0 aliphatic heterocycles. The highest BCUT2D eigenvalue weighted by molar-refractivity contribution is 7.17. The van der Waals surface area contributed by atoms with Gasteiger partial charge in [-0.1, -0.05) is 0 Å². The minimum atomic E-state index is -0.710. The van der Waals surface area contributed by atoms with E-state index in [-0.39, 0.29) is 18.8 Å². The zero-order valence-electron chi connectivity index (χ0n) is 18.3. The monoisotopic (exact) mass is 481 g/mol. The number of carbonyl (C=O) groups excluding carboxylic acids is 2. The molecule has 0 fully saturated rings. The van der Waals surface area contributed by atoms with E-state index in [2.05, 4.69) is 5.32 Å². The number of fused-ring (bicyclic) bond motifs is 1. The number of aromatic nitrogens is 2. The van der Waals surface area contributed by atoms with E-state index in [1.54, 1.807) is 37.4 Å². The number of anilines is 1. The van der Waals surface area contributed by atoms with E-state index < -0.39 is 28.9 Å². The second-order valence-corrected chi connectivity index (χ2v) is 8.34. The maximum Gasteiger partial charge on any atom is 0.338 e. The van der Waals surface area contributed by atoms with E-state index in [1.807, 2.05) is 0 Å². The lowest BCUT2D eigenvalue weighted by atomic mass is 10.2. The Morgan fingerprint density at radius 3 is 2.50 bits per heavy atom.